The van der Waals surface area contributed by atoms with Crippen LogP contribution in [0.3, 0.4) is 0 Å². The number of aromatic nitrogens is 1. The molecule has 0 aliphatic carbocycles. The average molecular weight is 626 g/mol. The Morgan fingerprint density at radius 3 is 2.13 bits per heavy atom. The molecular weight excluding hydrogens is 594 g/mol. The van der Waals surface area contributed by atoms with Gasteiger partial charge in [-0.05, 0) is 96.8 Å². The Morgan fingerprint density at radius 2 is 1.44 bits per heavy atom. The number of aromatic hydroxyl groups is 1. The zero-order valence-electron chi connectivity index (χ0n) is 24.9. The van der Waals surface area contributed by atoms with Crippen molar-refractivity contribution in [3.05, 3.63) is 124 Å². The van der Waals surface area contributed by atoms with E-state index in [9.17, 15) is 19.5 Å². The fourth-order valence-corrected chi connectivity index (χ4v) is 5.22. The molecule has 230 valence electrons. The molecule has 8 nitrogen and oxygen atoms in total. The van der Waals surface area contributed by atoms with E-state index in [4.69, 9.17) is 25.8 Å². The number of halogens is 1. The van der Waals surface area contributed by atoms with Crippen molar-refractivity contribution in [2.24, 2.45) is 0 Å². The largest absolute Gasteiger partial charge is 0.508 e. The van der Waals surface area contributed by atoms with Crippen LogP contribution >= 0.6 is 11.6 Å². The number of nitrogens with zero attached hydrogens (tertiary/aromatic N) is 1. The maximum atomic E-state index is 13.5. The van der Waals surface area contributed by atoms with Gasteiger partial charge < -0.3 is 19.3 Å². The normalized spacial score (nSPS) is 10.9. The molecule has 1 N–H and O–H groups in total. The second-order valence-corrected chi connectivity index (χ2v) is 11.0. The number of benzene rings is 4. The molecule has 5 rings (SSSR count). The summed E-state index contributed by atoms with van der Waals surface area (Å²) in [4.78, 5) is 38.7. The summed E-state index contributed by atoms with van der Waals surface area (Å²) in [5, 5.41) is 10.6. The SMILES string of the molecule is COc1ccc2c(c1)c(CC(=O)OCCc1ccc(OC(=O)CCc3ccc(O)cc3)cc1)c(C)n2C(=O)c1ccc(Cl)cc1. The quantitative estimate of drug-likeness (QED) is 0.126. The van der Waals surface area contributed by atoms with Gasteiger partial charge in [-0.15, -0.1) is 0 Å². The number of phenolic OH excluding ortho intramolecular Hbond substituents is 1. The summed E-state index contributed by atoms with van der Waals surface area (Å²) >= 11 is 6.01. The minimum atomic E-state index is -0.418. The number of fused-ring (bicyclic) bond motifs is 1. The van der Waals surface area contributed by atoms with Crippen LogP contribution in [0.5, 0.6) is 17.2 Å². The summed E-state index contributed by atoms with van der Waals surface area (Å²) in [7, 11) is 1.56. The van der Waals surface area contributed by atoms with E-state index >= 15 is 0 Å². The summed E-state index contributed by atoms with van der Waals surface area (Å²) in [6.07, 6.45) is 1.18. The summed E-state index contributed by atoms with van der Waals surface area (Å²) in [5.74, 6) is 0.221. The highest BCUT2D eigenvalue weighted by atomic mass is 35.5. The Bertz CT molecular complexity index is 1830. The Hall–Kier alpha value is -5.08. The molecular formula is C36H32ClNO7. The molecule has 5 aromatic rings. The lowest BCUT2D eigenvalue weighted by molar-refractivity contribution is -0.142. The van der Waals surface area contributed by atoms with Crippen molar-refractivity contribution < 1.29 is 33.7 Å². The molecule has 4 aromatic carbocycles. The predicted octanol–water partition coefficient (Wildman–Crippen LogP) is 6.87. The molecule has 1 aromatic heterocycles. The van der Waals surface area contributed by atoms with Gasteiger partial charge in [0, 0.05) is 34.5 Å². The molecule has 0 saturated carbocycles. The number of aryl methyl sites for hydroxylation is 1. The average Bonchev–Trinajstić information content (AvgIpc) is 3.31. The van der Waals surface area contributed by atoms with Gasteiger partial charge in [0.15, 0.2) is 0 Å². The topological polar surface area (TPSA) is 104 Å². The highest BCUT2D eigenvalue weighted by molar-refractivity contribution is 6.30. The van der Waals surface area contributed by atoms with Crippen LogP contribution in [0.25, 0.3) is 10.9 Å². The zero-order chi connectivity index (χ0) is 31.9. The number of phenols is 1. The van der Waals surface area contributed by atoms with Gasteiger partial charge in [-0.25, -0.2) is 0 Å². The van der Waals surface area contributed by atoms with E-state index in [1.54, 1.807) is 84.5 Å². The molecule has 0 atom stereocenters. The number of ether oxygens (including phenoxy) is 3. The first-order valence-corrected chi connectivity index (χ1v) is 14.8. The Labute approximate surface area is 265 Å². The third kappa shape index (κ3) is 7.72. The predicted molar refractivity (Wildman–Crippen MR) is 171 cm³/mol. The maximum absolute atomic E-state index is 13.5. The van der Waals surface area contributed by atoms with Crippen LogP contribution in [0, 0.1) is 6.92 Å². The molecule has 0 aliphatic heterocycles. The molecule has 0 fully saturated rings. The van der Waals surface area contributed by atoms with Crippen LogP contribution in [0.15, 0.2) is 91.0 Å². The van der Waals surface area contributed by atoms with Gasteiger partial charge >= 0.3 is 11.9 Å². The van der Waals surface area contributed by atoms with Crippen molar-refractivity contribution in [1.82, 2.24) is 4.57 Å². The number of rotatable bonds is 11. The molecule has 9 heteroatoms. The van der Waals surface area contributed by atoms with Crippen molar-refractivity contribution >= 4 is 40.3 Å². The second kappa shape index (κ2) is 14.1. The lowest BCUT2D eigenvalue weighted by Gasteiger charge is -2.09. The molecule has 45 heavy (non-hydrogen) atoms. The van der Waals surface area contributed by atoms with Crippen LogP contribution < -0.4 is 9.47 Å². The highest BCUT2D eigenvalue weighted by Gasteiger charge is 2.22. The Balaban J connectivity index is 1.18. The summed E-state index contributed by atoms with van der Waals surface area (Å²) in [6.45, 7) is 1.97. The molecule has 1 heterocycles. The fraction of sp³-hybridized carbons (Fsp3) is 0.194. The number of carbonyl (C=O) groups is 3. The van der Waals surface area contributed by atoms with Crippen molar-refractivity contribution in [2.45, 2.75) is 32.6 Å². The van der Waals surface area contributed by atoms with E-state index in [1.165, 1.54) is 0 Å². The van der Waals surface area contributed by atoms with E-state index in [0.29, 0.717) is 51.7 Å². The zero-order valence-corrected chi connectivity index (χ0v) is 25.7. The monoisotopic (exact) mass is 625 g/mol. The first kappa shape index (κ1) is 31.3. The molecule has 0 bridgehead atoms. The van der Waals surface area contributed by atoms with E-state index in [0.717, 1.165) is 16.5 Å². The minimum Gasteiger partial charge on any atom is -0.508 e. The number of esters is 2. The number of hydrogen-bond acceptors (Lipinski definition) is 7. The van der Waals surface area contributed by atoms with Crippen molar-refractivity contribution in [3.8, 4) is 17.2 Å². The smallest absolute Gasteiger partial charge is 0.311 e. The number of carbonyl (C=O) groups excluding carboxylic acids is 3. The highest BCUT2D eigenvalue weighted by Crippen LogP contribution is 2.31. The lowest BCUT2D eigenvalue weighted by Crippen LogP contribution is -2.15. The first-order valence-electron chi connectivity index (χ1n) is 14.4. The molecule has 0 amide bonds. The minimum absolute atomic E-state index is 0.0184. The third-order valence-corrected chi connectivity index (χ3v) is 7.77. The Morgan fingerprint density at radius 1 is 0.800 bits per heavy atom. The van der Waals surface area contributed by atoms with Gasteiger partial charge in [-0.2, -0.15) is 0 Å². The van der Waals surface area contributed by atoms with Gasteiger partial charge in [-0.3, -0.25) is 19.0 Å². The molecule has 0 aliphatic rings. The van der Waals surface area contributed by atoms with Crippen molar-refractivity contribution in [3.63, 3.8) is 0 Å². The third-order valence-electron chi connectivity index (χ3n) is 7.52. The molecule has 0 unspecified atom stereocenters. The van der Waals surface area contributed by atoms with Crippen LogP contribution in [-0.2, 0) is 33.6 Å². The molecule has 0 spiro atoms. The van der Waals surface area contributed by atoms with Crippen LogP contribution in [0.1, 0.15) is 39.2 Å². The summed E-state index contributed by atoms with van der Waals surface area (Å²) in [5.41, 5.74) is 4.31. The van der Waals surface area contributed by atoms with Crippen molar-refractivity contribution in [2.75, 3.05) is 13.7 Å². The first-order chi connectivity index (χ1) is 21.7. The van der Waals surface area contributed by atoms with Gasteiger partial charge in [0.1, 0.15) is 17.2 Å². The van der Waals surface area contributed by atoms with Crippen LogP contribution in [-0.4, -0.2) is 41.2 Å². The van der Waals surface area contributed by atoms with E-state index in [-0.39, 0.29) is 37.1 Å². The standard InChI is InChI=1S/C36H32ClNO7/c1-23-31(32-21-30(43-2)16-17-33(32)38(23)36(42)26-8-10-27(37)11-9-26)22-35(41)44-20-19-25-5-14-29(15-6-25)45-34(40)18-7-24-3-12-28(39)13-4-24/h3-6,8-17,21,39H,7,18-20,22H2,1-2H3. The molecule has 0 saturated heterocycles. The van der Waals surface area contributed by atoms with Crippen molar-refractivity contribution in [1.29, 1.82) is 0 Å². The van der Waals surface area contributed by atoms with Crippen LogP contribution in [0.2, 0.25) is 5.02 Å². The van der Waals surface area contributed by atoms with Gasteiger partial charge in [0.25, 0.3) is 5.91 Å². The summed E-state index contributed by atoms with van der Waals surface area (Å²) in [6, 6.07) is 25.8. The van der Waals surface area contributed by atoms with E-state index < -0.39 is 5.97 Å². The van der Waals surface area contributed by atoms with E-state index in [1.807, 2.05) is 25.1 Å². The summed E-state index contributed by atoms with van der Waals surface area (Å²) < 4.78 is 18.0. The van der Waals surface area contributed by atoms with Gasteiger partial charge in [0.05, 0.1) is 25.7 Å². The van der Waals surface area contributed by atoms with E-state index in [2.05, 4.69) is 0 Å². The van der Waals surface area contributed by atoms with Crippen LogP contribution in [0.4, 0.5) is 0 Å². The maximum Gasteiger partial charge on any atom is 0.311 e. The number of hydrogen-bond donors (Lipinski definition) is 1. The Kier molecular flexibility index (Phi) is 9.85. The van der Waals surface area contributed by atoms with Gasteiger partial charge in [-0.1, -0.05) is 35.9 Å². The molecule has 0 radical (unpaired) electrons. The number of methoxy groups -OCH3 is 1. The van der Waals surface area contributed by atoms with Gasteiger partial charge in [0.2, 0.25) is 0 Å². The second-order valence-electron chi connectivity index (χ2n) is 10.5. The fourth-order valence-electron chi connectivity index (χ4n) is 5.09. The lowest BCUT2D eigenvalue weighted by atomic mass is 10.1.